The smallest absolute Gasteiger partial charge is 0.240 e. The van der Waals surface area contributed by atoms with Crippen LogP contribution < -0.4 is 24.8 Å². The second-order valence-corrected chi connectivity index (χ2v) is 11.5. The van der Waals surface area contributed by atoms with Crippen LogP contribution in [-0.4, -0.2) is 73.2 Å². The standard InChI is InChI=1S/C34H35F2N5O6/c1-44-29-19-25-27(20-30(29)46-15-3-12-41-13-16-45-17-14-41)37-21-38-31(25)47-28-9-8-24(18-26(28)36)40-33(43)34(10-2-11-34)32(42)39-23-6-4-22(35)5-7-23/h4-9,18-21H,2-3,10-17H2,1H3,(H,39,42)(H,40,43). The van der Waals surface area contributed by atoms with Gasteiger partial charge in [-0.2, -0.15) is 0 Å². The molecule has 0 atom stereocenters. The number of amides is 2. The third kappa shape index (κ3) is 7.26. The molecular weight excluding hydrogens is 612 g/mol. The summed E-state index contributed by atoms with van der Waals surface area (Å²) in [5.74, 6) is -1.29. The summed E-state index contributed by atoms with van der Waals surface area (Å²) in [6, 6.07) is 12.7. The summed E-state index contributed by atoms with van der Waals surface area (Å²) in [5.41, 5.74) is -0.260. The molecule has 1 saturated heterocycles. The van der Waals surface area contributed by atoms with Crippen LogP contribution in [0.2, 0.25) is 0 Å². The normalized spacial score (nSPS) is 15.8. The number of benzene rings is 3. The molecule has 0 unspecified atom stereocenters. The number of nitrogens with zero attached hydrogens (tertiary/aromatic N) is 3. The number of morpholine rings is 1. The lowest BCUT2D eigenvalue weighted by molar-refractivity contribution is -0.142. The quantitative estimate of drug-likeness (QED) is 0.150. The number of carbonyl (C=O) groups excluding carboxylic acids is 2. The van der Waals surface area contributed by atoms with Crippen LogP contribution in [0.1, 0.15) is 25.7 Å². The molecule has 1 saturated carbocycles. The number of fused-ring (bicyclic) bond motifs is 1. The van der Waals surface area contributed by atoms with Gasteiger partial charge in [0.05, 0.1) is 37.8 Å². The Morgan fingerprint density at radius 3 is 2.32 bits per heavy atom. The van der Waals surface area contributed by atoms with Crippen molar-refractivity contribution in [3.8, 4) is 23.1 Å². The van der Waals surface area contributed by atoms with E-state index in [1.54, 1.807) is 12.1 Å². The second-order valence-electron chi connectivity index (χ2n) is 11.5. The number of ether oxygens (including phenoxy) is 4. The molecule has 47 heavy (non-hydrogen) atoms. The third-order valence-electron chi connectivity index (χ3n) is 8.44. The Balaban J connectivity index is 1.11. The van der Waals surface area contributed by atoms with Gasteiger partial charge in [0.25, 0.3) is 0 Å². The van der Waals surface area contributed by atoms with Gasteiger partial charge in [0, 0.05) is 43.1 Å². The third-order valence-corrected chi connectivity index (χ3v) is 8.44. The van der Waals surface area contributed by atoms with Crippen LogP contribution in [0.4, 0.5) is 20.2 Å². The first-order chi connectivity index (χ1) is 22.8. The van der Waals surface area contributed by atoms with E-state index in [-0.39, 0.29) is 17.3 Å². The maximum atomic E-state index is 15.3. The summed E-state index contributed by atoms with van der Waals surface area (Å²) in [4.78, 5) is 37.2. The van der Waals surface area contributed by atoms with Crippen LogP contribution >= 0.6 is 0 Å². The van der Waals surface area contributed by atoms with Gasteiger partial charge in [-0.15, -0.1) is 0 Å². The maximum absolute atomic E-state index is 15.3. The van der Waals surface area contributed by atoms with Crippen molar-refractivity contribution in [1.29, 1.82) is 0 Å². The highest BCUT2D eigenvalue weighted by molar-refractivity contribution is 6.15. The van der Waals surface area contributed by atoms with Crippen molar-refractivity contribution in [2.24, 2.45) is 5.41 Å². The molecule has 11 nitrogen and oxygen atoms in total. The Morgan fingerprint density at radius 1 is 0.915 bits per heavy atom. The lowest BCUT2D eigenvalue weighted by Crippen LogP contribution is -2.50. The van der Waals surface area contributed by atoms with Crippen LogP contribution in [0.5, 0.6) is 23.1 Å². The van der Waals surface area contributed by atoms with Crippen molar-refractivity contribution < 1.29 is 37.3 Å². The van der Waals surface area contributed by atoms with Crippen molar-refractivity contribution in [1.82, 2.24) is 14.9 Å². The highest BCUT2D eigenvalue weighted by atomic mass is 19.1. The lowest BCUT2D eigenvalue weighted by Gasteiger charge is -2.38. The molecule has 246 valence electrons. The minimum atomic E-state index is -1.32. The summed E-state index contributed by atoms with van der Waals surface area (Å²) < 4.78 is 51.4. The fourth-order valence-corrected chi connectivity index (χ4v) is 5.58. The number of methoxy groups -OCH3 is 1. The Bertz CT molecular complexity index is 1750. The average Bonchev–Trinajstić information content (AvgIpc) is 3.05. The molecule has 1 aliphatic heterocycles. The van der Waals surface area contributed by atoms with Crippen molar-refractivity contribution >= 4 is 34.1 Å². The van der Waals surface area contributed by atoms with Crippen molar-refractivity contribution in [3.63, 3.8) is 0 Å². The SMILES string of the molecule is COc1cc2c(Oc3ccc(NC(=O)C4(C(=O)Nc5ccc(F)cc5)CCC4)cc3F)ncnc2cc1OCCCN1CCOCC1. The highest BCUT2D eigenvalue weighted by Gasteiger charge is 2.51. The predicted molar refractivity (Wildman–Crippen MR) is 170 cm³/mol. The molecule has 2 N–H and O–H groups in total. The van der Waals surface area contributed by atoms with Gasteiger partial charge in [0.1, 0.15) is 17.6 Å². The van der Waals surface area contributed by atoms with E-state index in [4.69, 9.17) is 18.9 Å². The summed E-state index contributed by atoms with van der Waals surface area (Å²) in [7, 11) is 1.53. The molecule has 2 heterocycles. The van der Waals surface area contributed by atoms with E-state index >= 15 is 4.39 Å². The van der Waals surface area contributed by atoms with E-state index in [2.05, 4.69) is 25.5 Å². The molecule has 6 rings (SSSR count). The first-order valence-corrected chi connectivity index (χ1v) is 15.5. The topological polar surface area (TPSA) is 124 Å². The maximum Gasteiger partial charge on any atom is 0.240 e. The summed E-state index contributed by atoms with van der Waals surface area (Å²) >= 11 is 0. The fraction of sp³-hybridized carbons (Fsp3) is 0.353. The van der Waals surface area contributed by atoms with E-state index in [1.807, 2.05) is 0 Å². The van der Waals surface area contributed by atoms with Gasteiger partial charge >= 0.3 is 0 Å². The van der Waals surface area contributed by atoms with E-state index < -0.39 is 28.9 Å². The first kappa shape index (κ1) is 32.1. The molecular formula is C34H35F2N5O6. The first-order valence-electron chi connectivity index (χ1n) is 15.5. The summed E-state index contributed by atoms with van der Waals surface area (Å²) in [5, 5.41) is 5.83. The molecule has 13 heteroatoms. The molecule has 1 aromatic heterocycles. The van der Waals surface area contributed by atoms with Crippen LogP contribution in [0.15, 0.2) is 60.9 Å². The monoisotopic (exact) mass is 647 g/mol. The molecule has 0 spiro atoms. The van der Waals surface area contributed by atoms with Crippen molar-refractivity contribution in [2.75, 3.05) is 57.2 Å². The number of aromatic nitrogens is 2. The molecule has 2 fully saturated rings. The number of carbonyl (C=O) groups is 2. The Hall–Kier alpha value is -4.88. The van der Waals surface area contributed by atoms with Gasteiger partial charge in [-0.1, -0.05) is 6.42 Å². The summed E-state index contributed by atoms with van der Waals surface area (Å²) in [6.07, 6.45) is 3.50. The minimum Gasteiger partial charge on any atom is -0.493 e. The lowest BCUT2D eigenvalue weighted by atomic mass is 9.67. The van der Waals surface area contributed by atoms with Crippen LogP contribution in [0.25, 0.3) is 10.9 Å². The zero-order valence-corrected chi connectivity index (χ0v) is 25.9. The van der Waals surface area contributed by atoms with Crippen molar-refractivity contribution in [2.45, 2.75) is 25.7 Å². The average molecular weight is 648 g/mol. The Kier molecular flexibility index (Phi) is 9.73. The van der Waals surface area contributed by atoms with Crippen LogP contribution in [0, 0.1) is 17.0 Å². The predicted octanol–water partition coefficient (Wildman–Crippen LogP) is 5.56. The van der Waals surface area contributed by atoms with Crippen LogP contribution in [-0.2, 0) is 14.3 Å². The van der Waals surface area contributed by atoms with Gasteiger partial charge in [-0.3, -0.25) is 14.5 Å². The van der Waals surface area contributed by atoms with E-state index in [0.717, 1.165) is 45.3 Å². The number of halogens is 2. The van der Waals surface area contributed by atoms with Gasteiger partial charge < -0.3 is 29.6 Å². The van der Waals surface area contributed by atoms with E-state index in [9.17, 15) is 14.0 Å². The molecule has 0 radical (unpaired) electrons. The van der Waals surface area contributed by atoms with Gasteiger partial charge in [-0.05, 0) is 61.7 Å². The number of nitrogens with one attached hydrogen (secondary N) is 2. The van der Waals surface area contributed by atoms with Crippen molar-refractivity contribution in [3.05, 3.63) is 72.6 Å². The number of anilines is 2. The number of hydrogen-bond donors (Lipinski definition) is 2. The van der Waals surface area contributed by atoms with E-state index in [1.165, 1.54) is 49.8 Å². The van der Waals surface area contributed by atoms with Gasteiger partial charge in [-0.25, -0.2) is 18.7 Å². The summed E-state index contributed by atoms with van der Waals surface area (Å²) in [6.45, 7) is 4.71. The van der Waals surface area contributed by atoms with Gasteiger partial charge in [0.15, 0.2) is 23.1 Å². The zero-order chi connectivity index (χ0) is 32.8. The molecule has 1 aliphatic carbocycles. The fourth-order valence-electron chi connectivity index (χ4n) is 5.58. The number of rotatable bonds is 12. The highest BCUT2D eigenvalue weighted by Crippen LogP contribution is 2.43. The second kappa shape index (κ2) is 14.3. The Labute approximate surface area is 270 Å². The van der Waals surface area contributed by atoms with Gasteiger partial charge in [0.2, 0.25) is 17.7 Å². The molecule has 0 bridgehead atoms. The molecule has 3 aromatic carbocycles. The molecule has 2 amide bonds. The zero-order valence-electron chi connectivity index (χ0n) is 25.9. The largest absolute Gasteiger partial charge is 0.493 e. The van der Waals surface area contributed by atoms with Crippen LogP contribution in [0.3, 0.4) is 0 Å². The van der Waals surface area contributed by atoms with E-state index in [0.29, 0.717) is 54.0 Å². The molecule has 4 aromatic rings. The Morgan fingerprint density at radius 2 is 1.64 bits per heavy atom. The minimum absolute atomic E-state index is 0.105. The molecule has 2 aliphatic rings. The number of hydrogen-bond acceptors (Lipinski definition) is 9.